The maximum atomic E-state index is 12.6. The Kier molecular flexibility index (Phi) is 4.27. The molecule has 0 bridgehead atoms. The molecule has 0 saturated heterocycles. The van der Waals surface area contributed by atoms with E-state index < -0.39 is 10.0 Å². The first-order valence-electron chi connectivity index (χ1n) is 7.05. The number of hydrogen-bond donors (Lipinski definition) is 1. The van der Waals surface area contributed by atoms with E-state index in [0.717, 1.165) is 16.7 Å². The smallest absolute Gasteiger partial charge is 0.241 e. The first-order valence-corrected chi connectivity index (χ1v) is 8.54. The van der Waals surface area contributed by atoms with Gasteiger partial charge in [0.2, 0.25) is 10.0 Å². The van der Waals surface area contributed by atoms with Gasteiger partial charge in [0.1, 0.15) is 5.75 Å². The van der Waals surface area contributed by atoms with E-state index in [1.165, 1.54) is 0 Å². The molecule has 1 N–H and O–H groups in total. The predicted octanol–water partition coefficient (Wildman–Crippen LogP) is 2.72. The highest BCUT2D eigenvalue weighted by atomic mass is 32.2. The zero-order valence-electron chi connectivity index (χ0n) is 12.6. The molecule has 23 heavy (non-hydrogen) atoms. The molecule has 0 aliphatic rings. The quantitative estimate of drug-likeness (QED) is 0.782. The number of methoxy groups -OCH3 is 1. The highest BCUT2D eigenvalue weighted by Crippen LogP contribution is 2.22. The first kappa shape index (κ1) is 15.5. The molecule has 0 spiro atoms. The molecule has 0 fully saturated rings. The Morgan fingerprint density at radius 1 is 1.09 bits per heavy atom. The van der Waals surface area contributed by atoms with Crippen molar-refractivity contribution in [3.05, 3.63) is 66.5 Å². The van der Waals surface area contributed by atoms with E-state index in [1.807, 2.05) is 18.2 Å². The minimum Gasteiger partial charge on any atom is -0.497 e. The molecule has 5 nitrogen and oxygen atoms in total. The summed E-state index contributed by atoms with van der Waals surface area (Å²) in [5.41, 5.74) is 0.858. The largest absolute Gasteiger partial charge is 0.497 e. The van der Waals surface area contributed by atoms with Crippen LogP contribution in [0.4, 0.5) is 0 Å². The number of pyridine rings is 1. The number of hydrogen-bond acceptors (Lipinski definition) is 4. The van der Waals surface area contributed by atoms with Crippen LogP contribution in [0.2, 0.25) is 0 Å². The van der Waals surface area contributed by atoms with Gasteiger partial charge in [0.25, 0.3) is 0 Å². The van der Waals surface area contributed by atoms with Crippen LogP contribution in [-0.2, 0) is 16.6 Å². The highest BCUT2D eigenvalue weighted by molar-refractivity contribution is 7.89. The normalized spacial score (nSPS) is 11.5. The SMILES string of the molecule is COc1ccc(CNS(=O)(=O)c2cccc3cnccc23)cc1. The maximum absolute atomic E-state index is 12.6. The van der Waals surface area contributed by atoms with Gasteiger partial charge in [-0.05, 0) is 29.8 Å². The summed E-state index contributed by atoms with van der Waals surface area (Å²) >= 11 is 0. The van der Waals surface area contributed by atoms with E-state index in [2.05, 4.69) is 9.71 Å². The molecule has 0 atom stereocenters. The average Bonchev–Trinajstić information content (AvgIpc) is 2.60. The Hall–Kier alpha value is -2.44. The standard InChI is InChI=1S/C17H16N2O3S/c1-22-15-7-5-13(6-8-15)11-19-23(20,21)17-4-2-3-14-12-18-10-9-16(14)17/h2-10,12,19H,11H2,1H3. The van der Waals surface area contributed by atoms with Crippen molar-refractivity contribution in [2.24, 2.45) is 0 Å². The van der Waals surface area contributed by atoms with Gasteiger partial charge < -0.3 is 4.74 Å². The molecule has 0 aliphatic heterocycles. The van der Waals surface area contributed by atoms with Crippen LogP contribution in [0, 0.1) is 0 Å². The molecular formula is C17H16N2O3S. The zero-order chi connectivity index (χ0) is 16.3. The van der Waals surface area contributed by atoms with Gasteiger partial charge >= 0.3 is 0 Å². The van der Waals surface area contributed by atoms with Gasteiger partial charge in [-0.25, -0.2) is 13.1 Å². The number of rotatable bonds is 5. The summed E-state index contributed by atoms with van der Waals surface area (Å²) in [6.07, 6.45) is 3.24. The number of ether oxygens (including phenoxy) is 1. The van der Waals surface area contributed by atoms with E-state index in [4.69, 9.17) is 4.74 Å². The van der Waals surface area contributed by atoms with Gasteiger partial charge in [0.05, 0.1) is 12.0 Å². The zero-order valence-corrected chi connectivity index (χ0v) is 13.4. The van der Waals surface area contributed by atoms with Gasteiger partial charge in [-0.15, -0.1) is 0 Å². The van der Waals surface area contributed by atoms with Crippen LogP contribution >= 0.6 is 0 Å². The van der Waals surface area contributed by atoms with Crippen LogP contribution in [0.5, 0.6) is 5.75 Å². The molecule has 0 aliphatic carbocycles. The van der Waals surface area contributed by atoms with Crippen LogP contribution in [-0.4, -0.2) is 20.5 Å². The molecule has 6 heteroatoms. The van der Waals surface area contributed by atoms with E-state index in [-0.39, 0.29) is 11.4 Å². The van der Waals surface area contributed by atoms with Crippen LogP contribution in [0.15, 0.2) is 65.8 Å². The third-order valence-electron chi connectivity index (χ3n) is 3.56. The number of sulfonamides is 1. The summed E-state index contributed by atoms with van der Waals surface area (Å²) in [5.74, 6) is 0.734. The molecule has 0 saturated carbocycles. The van der Waals surface area contributed by atoms with Gasteiger partial charge in [-0.3, -0.25) is 4.98 Å². The summed E-state index contributed by atoms with van der Waals surface area (Å²) < 4.78 is 32.9. The van der Waals surface area contributed by atoms with Gasteiger partial charge in [0, 0.05) is 29.7 Å². The predicted molar refractivity (Wildman–Crippen MR) is 88.8 cm³/mol. The summed E-state index contributed by atoms with van der Waals surface area (Å²) in [6, 6.07) is 14.1. The van der Waals surface area contributed by atoms with Crippen molar-refractivity contribution in [3.63, 3.8) is 0 Å². The summed E-state index contributed by atoms with van der Waals surface area (Å²) in [7, 11) is -2.02. The van der Waals surface area contributed by atoms with Crippen LogP contribution < -0.4 is 9.46 Å². The fraction of sp³-hybridized carbons (Fsp3) is 0.118. The Labute approximate surface area is 135 Å². The van der Waals surface area contributed by atoms with E-state index in [9.17, 15) is 8.42 Å². The van der Waals surface area contributed by atoms with Crippen molar-refractivity contribution in [1.82, 2.24) is 9.71 Å². The molecule has 1 aromatic heterocycles. The van der Waals surface area contributed by atoms with E-state index in [1.54, 1.807) is 49.8 Å². The van der Waals surface area contributed by atoms with Crippen LogP contribution in [0.25, 0.3) is 10.8 Å². The van der Waals surface area contributed by atoms with Gasteiger partial charge in [-0.2, -0.15) is 0 Å². The van der Waals surface area contributed by atoms with E-state index >= 15 is 0 Å². The third kappa shape index (κ3) is 3.33. The second-order valence-electron chi connectivity index (χ2n) is 5.03. The summed E-state index contributed by atoms with van der Waals surface area (Å²) in [5, 5.41) is 1.45. The minimum absolute atomic E-state index is 0.216. The van der Waals surface area contributed by atoms with Crippen molar-refractivity contribution < 1.29 is 13.2 Å². The van der Waals surface area contributed by atoms with Crippen molar-refractivity contribution in [1.29, 1.82) is 0 Å². The molecule has 0 amide bonds. The van der Waals surface area contributed by atoms with Crippen molar-refractivity contribution in [3.8, 4) is 5.75 Å². The Morgan fingerprint density at radius 3 is 2.61 bits per heavy atom. The van der Waals surface area contributed by atoms with Gasteiger partial charge in [0.15, 0.2) is 0 Å². The molecule has 1 heterocycles. The van der Waals surface area contributed by atoms with Crippen LogP contribution in [0.3, 0.4) is 0 Å². The van der Waals surface area contributed by atoms with Crippen LogP contribution in [0.1, 0.15) is 5.56 Å². The number of aromatic nitrogens is 1. The molecule has 0 radical (unpaired) electrons. The molecule has 3 aromatic rings. The monoisotopic (exact) mass is 328 g/mol. The number of fused-ring (bicyclic) bond motifs is 1. The lowest BCUT2D eigenvalue weighted by atomic mass is 10.2. The Bertz CT molecular complexity index is 917. The fourth-order valence-corrected chi connectivity index (χ4v) is 3.57. The lowest BCUT2D eigenvalue weighted by molar-refractivity contribution is 0.414. The minimum atomic E-state index is -3.61. The molecule has 3 rings (SSSR count). The number of nitrogens with zero attached hydrogens (tertiary/aromatic N) is 1. The second kappa shape index (κ2) is 6.36. The molecule has 118 valence electrons. The molecular weight excluding hydrogens is 312 g/mol. The summed E-state index contributed by atoms with van der Waals surface area (Å²) in [6.45, 7) is 0.216. The highest BCUT2D eigenvalue weighted by Gasteiger charge is 2.16. The molecule has 0 unspecified atom stereocenters. The van der Waals surface area contributed by atoms with Crippen molar-refractivity contribution in [2.75, 3.05) is 7.11 Å². The van der Waals surface area contributed by atoms with E-state index in [0.29, 0.717) is 5.39 Å². The first-order chi connectivity index (χ1) is 11.1. The topological polar surface area (TPSA) is 68.3 Å². The average molecular weight is 328 g/mol. The third-order valence-corrected chi connectivity index (χ3v) is 5.02. The number of nitrogens with one attached hydrogen (secondary N) is 1. The Balaban J connectivity index is 1.85. The second-order valence-corrected chi connectivity index (χ2v) is 6.76. The number of benzene rings is 2. The molecule has 2 aromatic carbocycles. The van der Waals surface area contributed by atoms with Crippen molar-refractivity contribution in [2.45, 2.75) is 11.4 Å². The van der Waals surface area contributed by atoms with Gasteiger partial charge in [-0.1, -0.05) is 24.3 Å². The maximum Gasteiger partial charge on any atom is 0.241 e. The lowest BCUT2D eigenvalue weighted by Gasteiger charge is -2.10. The fourth-order valence-electron chi connectivity index (χ4n) is 2.33. The lowest BCUT2D eigenvalue weighted by Crippen LogP contribution is -2.23. The Morgan fingerprint density at radius 2 is 1.87 bits per heavy atom. The van der Waals surface area contributed by atoms with Crippen molar-refractivity contribution >= 4 is 20.8 Å². The summed E-state index contributed by atoms with van der Waals surface area (Å²) in [4.78, 5) is 4.27.